The number of likely N-dealkylation sites (tertiary alicyclic amines) is 1. The highest BCUT2D eigenvalue weighted by atomic mass is 16.5. The molecule has 1 aromatic heterocycles. The van der Waals surface area contributed by atoms with Gasteiger partial charge in [0, 0.05) is 64.9 Å². The van der Waals surface area contributed by atoms with Gasteiger partial charge >= 0.3 is 0 Å². The lowest BCUT2D eigenvalue weighted by atomic mass is 9.86. The van der Waals surface area contributed by atoms with Crippen molar-refractivity contribution in [3.63, 3.8) is 0 Å². The molecule has 2 rings (SSSR count). The predicted molar refractivity (Wildman–Crippen MR) is 171 cm³/mol. The van der Waals surface area contributed by atoms with Crippen LogP contribution < -0.4 is 0 Å². The van der Waals surface area contributed by atoms with Crippen molar-refractivity contribution in [1.82, 2.24) is 19.8 Å². The maximum atomic E-state index is 14.0. The Bertz CT molecular complexity index is 1040. The third kappa shape index (κ3) is 9.78. The molecule has 10 heteroatoms. The smallest absolute Gasteiger partial charge is 0.226 e. The maximum Gasteiger partial charge on any atom is 0.226 e. The number of amides is 2. The normalized spacial score (nSPS) is 20.8. The molecule has 2 heterocycles. The van der Waals surface area contributed by atoms with Crippen LogP contribution in [0.4, 0.5) is 0 Å². The van der Waals surface area contributed by atoms with E-state index in [1.165, 1.54) is 0 Å². The van der Waals surface area contributed by atoms with E-state index in [0.29, 0.717) is 18.8 Å². The van der Waals surface area contributed by atoms with Crippen LogP contribution in [-0.2, 0) is 30.3 Å². The number of ether oxygens (including phenoxy) is 2. The minimum atomic E-state index is -0.575. The number of ketones is 1. The summed E-state index contributed by atoms with van der Waals surface area (Å²) in [6.45, 7) is 14.2. The Morgan fingerprint density at radius 1 is 1.02 bits per heavy atom. The molecular formula is C34H58N4O6. The van der Waals surface area contributed by atoms with Crippen molar-refractivity contribution < 1.29 is 29.0 Å². The fourth-order valence-electron chi connectivity index (χ4n) is 6.52. The van der Waals surface area contributed by atoms with Crippen LogP contribution in [0, 0.1) is 29.6 Å². The number of aliphatic hydroxyl groups excluding tert-OH is 1. The monoisotopic (exact) mass is 618 g/mol. The standard InChI is InChI=1S/C34H58N4O6/c1-11-22(4)32(37(8)34(42)26(21(2)3)19-30-35-15-13-16-36-30)29(43-9)20-31(41)38-17-12-14-27(38)33(44-10)24(6)28(40)18-23(5)25(7)39/h13,15-16,21-27,29,32-33,39H,11-12,14,17-20H2,1-10H3/t22-,23-,24-,25-,26-,27-,29+,32-,33+/m0/s1. The Kier molecular flexibility index (Phi) is 15.4. The van der Waals surface area contributed by atoms with Gasteiger partial charge in [-0.25, -0.2) is 9.97 Å². The Balaban J connectivity index is 2.25. The first-order chi connectivity index (χ1) is 20.8. The van der Waals surface area contributed by atoms with Gasteiger partial charge in [-0.2, -0.15) is 0 Å². The van der Waals surface area contributed by atoms with Crippen LogP contribution in [0.1, 0.15) is 86.4 Å². The molecule has 0 unspecified atom stereocenters. The second-order valence-corrected chi connectivity index (χ2v) is 13.2. The molecule has 1 aliphatic heterocycles. The zero-order valence-electron chi connectivity index (χ0n) is 28.7. The molecule has 1 saturated heterocycles. The first-order valence-electron chi connectivity index (χ1n) is 16.4. The number of rotatable bonds is 18. The summed E-state index contributed by atoms with van der Waals surface area (Å²) in [7, 11) is 5.02. The summed E-state index contributed by atoms with van der Waals surface area (Å²) in [5, 5.41) is 9.90. The second-order valence-electron chi connectivity index (χ2n) is 13.2. The molecule has 0 aliphatic carbocycles. The second kappa shape index (κ2) is 17.9. The van der Waals surface area contributed by atoms with Crippen molar-refractivity contribution >= 4 is 17.6 Å². The van der Waals surface area contributed by atoms with Gasteiger partial charge in [0.15, 0.2) is 0 Å². The molecule has 1 fully saturated rings. The zero-order valence-corrected chi connectivity index (χ0v) is 28.7. The quantitative estimate of drug-likeness (QED) is 0.260. The van der Waals surface area contributed by atoms with E-state index >= 15 is 0 Å². The van der Waals surface area contributed by atoms with Gasteiger partial charge in [0.1, 0.15) is 11.6 Å². The van der Waals surface area contributed by atoms with Gasteiger partial charge in [0.25, 0.3) is 0 Å². The van der Waals surface area contributed by atoms with E-state index in [0.717, 1.165) is 19.3 Å². The van der Waals surface area contributed by atoms with E-state index in [-0.39, 0.29) is 66.2 Å². The SMILES string of the molecule is CC[C@H](C)[C@@H]([C@@H](CC(=O)N1CCC[C@H]1[C@H](OC)[C@@H](C)C(=O)C[C@H](C)[C@H](C)O)OC)N(C)C(=O)[C@@H](Cc1ncccn1)C(C)C. The van der Waals surface area contributed by atoms with Gasteiger partial charge in [-0.05, 0) is 43.6 Å². The number of aliphatic hydroxyl groups is 1. The first kappa shape index (κ1) is 37.8. The molecule has 0 radical (unpaired) electrons. The van der Waals surface area contributed by atoms with Crippen LogP contribution in [0.3, 0.4) is 0 Å². The lowest BCUT2D eigenvalue weighted by molar-refractivity contribution is -0.148. The van der Waals surface area contributed by atoms with Crippen LogP contribution in [0.25, 0.3) is 0 Å². The van der Waals surface area contributed by atoms with Gasteiger partial charge in [-0.1, -0.05) is 48.0 Å². The lowest BCUT2D eigenvalue weighted by Gasteiger charge is -2.40. The summed E-state index contributed by atoms with van der Waals surface area (Å²) < 4.78 is 11.9. The summed E-state index contributed by atoms with van der Waals surface area (Å²) in [6, 6.07) is 1.21. The van der Waals surface area contributed by atoms with Gasteiger partial charge in [0.2, 0.25) is 11.8 Å². The van der Waals surface area contributed by atoms with Gasteiger partial charge in [-0.3, -0.25) is 14.4 Å². The minimum absolute atomic E-state index is 0.00971. The largest absolute Gasteiger partial charge is 0.393 e. The number of hydrogen-bond donors (Lipinski definition) is 1. The number of carbonyl (C=O) groups is 3. The first-order valence-corrected chi connectivity index (χ1v) is 16.4. The average molecular weight is 619 g/mol. The van der Waals surface area contributed by atoms with Crippen LogP contribution in [0.15, 0.2) is 18.5 Å². The highest BCUT2D eigenvalue weighted by Crippen LogP contribution is 2.31. The Morgan fingerprint density at radius 3 is 2.18 bits per heavy atom. The van der Waals surface area contributed by atoms with Gasteiger partial charge in [-0.15, -0.1) is 0 Å². The fourth-order valence-corrected chi connectivity index (χ4v) is 6.52. The van der Waals surface area contributed by atoms with Crippen molar-refractivity contribution in [2.24, 2.45) is 29.6 Å². The van der Waals surface area contributed by atoms with Crippen LogP contribution in [0.5, 0.6) is 0 Å². The number of methoxy groups -OCH3 is 2. The zero-order chi connectivity index (χ0) is 33.1. The van der Waals surface area contributed by atoms with Gasteiger partial charge in [0.05, 0.1) is 36.8 Å². The molecular weight excluding hydrogens is 560 g/mol. The number of likely N-dealkylation sites (N-methyl/N-ethyl adjacent to an activating group) is 1. The Morgan fingerprint density at radius 2 is 1.66 bits per heavy atom. The third-order valence-corrected chi connectivity index (χ3v) is 9.84. The predicted octanol–water partition coefficient (Wildman–Crippen LogP) is 4.19. The molecule has 0 aromatic carbocycles. The molecule has 0 saturated carbocycles. The molecule has 1 aromatic rings. The van der Waals surface area contributed by atoms with Crippen LogP contribution >= 0.6 is 0 Å². The molecule has 9 atom stereocenters. The summed E-state index contributed by atoms with van der Waals surface area (Å²) >= 11 is 0. The molecule has 44 heavy (non-hydrogen) atoms. The highest BCUT2D eigenvalue weighted by molar-refractivity contribution is 5.82. The van der Waals surface area contributed by atoms with E-state index in [1.807, 2.05) is 39.6 Å². The summed E-state index contributed by atoms with van der Waals surface area (Å²) in [4.78, 5) is 53.4. The van der Waals surface area contributed by atoms with E-state index in [2.05, 4.69) is 23.8 Å². The molecule has 0 spiro atoms. The number of aromatic nitrogens is 2. The van der Waals surface area contributed by atoms with E-state index in [9.17, 15) is 19.5 Å². The van der Waals surface area contributed by atoms with Crippen LogP contribution in [0.2, 0.25) is 0 Å². The van der Waals surface area contributed by atoms with Crippen LogP contribution in [-0.4, -0.2) is 101 Å². The Hall–Kier alpha value is -2.43. The summed E-state index contributed by atoms with van der Waals surface area (Å²) in [6.07, 6.45) is 5.04. The minimum Gasteiger partial charge on any atom is -0.393 e. The molecule has 2 amide bonds. The molecule has 0 bridgehead atoms. The number of hydrogen-bond acceptors (Lipinski definition) is 8. The fraction of sp³-hybridized carbons (Fsp3) is 0.794. The van der Waals surface area contributed by atoms with Gasteiger partial charge < -0.3 is 24.4 Å². The highest BCUT2D eigenvalue weighted by Gasteiger charge is 2.42. The molecule has 1 aliphatic rings. The number of carbonyl (C=O) groups excluding carboxylic acids is 3. The lowest BCUT2D eigenvalue weighted by Crippen LogP contribution is -2.54. The third-order valence-electron chi connectivity index (χ3n) is 9.84. The summed E-state index contributed by atoms with van der Waals surface area (Å²) in [5.74, 6) is -0.159. The Labute approximate surface area is 265 Å². The topological polar surface area (TPSA) is 122 Å². The maximum absolute atomic E-state index is 14.0. The van der Waals surface area contributed by atoms with Crippen molar-refractivity contribution in [3.8, 4) is 0 Å². The van der Waals surface area contributed by atoms with E-state index < -0.39 is 24.2 Å². The van der Waals surface area contributed by atoms with E-state index in [1.54, 1.807) is 44.5 Å². The van der Waals surface area contributed by atoms with Crippen molar-refractivity contribution in [2.45, 2.75) is 117 Å². The van der Waals surface area contributed by atoms with E-state index in [4.69, 9.17) is 9.47 Å². The van der Waals surface area contributed by atoms with Crippen molar-refractivity contribution in [3.05, 3.63) is 24.3 Å². The van der Waals surface area contributed by atoms with Crippen molar-refractivity contribution in [2.75, 3.05) is 27.8 Å². The van der Waals surface area contributed by atoms with Crippen molar-refractivity contribution in [1.29, 1.82) is 0 Å². The number of nitrogens with zero attached hydrogens (tertiary/aromatic N) is 4. The average Bonchev–Trinajstić information content (AvgIpc) is 3.49. The number of Topliss-reactive ketones (excluding diaryl/α,β-unsaturated/α-hetero) is 1. The molecule has 1 N–H and O–H groups in total. The summed E-state index contributed by atoms with van der Waals surface area (Å²) in [5.41, 5.74) is 0. The molecule has 10 nitrogen and oxygen atoms in total. The molecule has 250 valence electrons.